The van der Waals surface area contributed by atoms with E-state index in [1.54, 1.807) is 17.0 Å². The molecule has 0 unspecified atom stereocenters. The van der Waals surface area contributed by atoms with Crippen molar-refractivity contribution in [2.24, 2.45) is 0 Å². The van der Waals surface area contributed by atoms with Gasteiger partial charge in [0.2, 0.25) is 5.91 Å². The molecule has 1 saturated heterocycles. The minimum atomic E-state index is -0.400. The number of methoxy groups -OCH3 is 1. The molecule has 4 heteroatoms. The lowest BCUT2D eigenvalue weighted by Gasteiger charge is -2.21. The van der Waals surface area contributed by atoms with E-state index in [0.29, 0.717) is 24.2 Å². The van der Waals surface area contributed by atoms with Crippen LogP contribution < -0.4 is 4.90 Å². The number of rotatable bonds is 2. The van der Waals surface area contributed by atoms with Gasteiger partial charge in [-0.25, -0.2) is 4.79 Å². The molecule has 0 aliphatic carbocycles. The average molecular weight is 233 g/mol. The van der Waals surface area contributed by atoms with Gasteiger partial charge in [0.15, 0.2) is 0 Å². The third kappa shape index (κ3) is 2.02. The van der Waals surface area contributed by atoms with Crippen molar-refractivity contribution in [3.63, 3.8) is 0 Å². The number of esters is 1. The molecule has 90 valence electrons. The Kier molecular flexibility index (Phi) is 3.13. The number of anilines is 1. The van der Waals surface area contributed by atoms with Crippen molar-refractivity contribution in [2.75, 3.05) is 18.6 Å². The van der Waals surface area contributed by atoms with Crippen LogP contribution in [-0.2, 0) is 9.53 Å². The van der Waals surface area contributed by atoms with E-state index >= 15 is 0 Å². The average Bonchev–Trinajstić information content (AvgIpc) is 2.74. The summed E-state index contributed by atoms with van der Waals surface area (Å²) in [6.45, 7) is 2.57. The van der Waals surface area contributed by atoms with Crippen LogP contribution in [0.5, 0.6) is 0 Å². The molecule has 4 nitrogen and oxygen atoms in total. The highest BCUT2D eigenvalue weighted by Crippen LogP contribution is 2.29. The number of carbonyl (C=O) groups is 2. The quantitative estimate of drug-likeness (QED) is 0.733. The Morgan fingerprint density at radius 1 is 1.41 bits per heavy atom. The first-order valence-electron chi connectivity index (χ1n) is 5.63. The Morgan fingerprint density at radius 2 is 2.18 bits per heavy atom. The van der Waals surface area contributed by atoms with Gasteiger partial charge in [0.1, 0.15) is 0 Å². The van der Waals surface area contributed by atoms with E-state index in [1.807, 2.05) is 13.0 Å². The number of benzene rings is 1. The molecule has 1 aliphatic heterocycles. The molecule has 0 saturated carbocycles. The summed E-state index contributed by atoms with van der Waals surface area (Å²) in [5.41, 5.74) is 2.08. The maximum Gasteiger partial charge on any atom is 0.339 e. The number of amides is 1. The summed E-state index contributed by atoms with van der Waals surface area (Å²) in [5, 5.41) is 0. The molecule has 0 spiro atoms. The number of carbonyl (C=O) groups excluding carboxylic acids is 2. The van der Waals surface area contributed by atoms with E-state index in [2.05, 4.69) is 0 Å². The molecule has 1 aromatic rings. The molecule has 0 aromatic heterocycles. The van der Waals surface area contributed by atoms with E-state index in [1.165, 1.54) is 7.11 Å². The monoisotopic (exact) mass is 233 g/mol. The molecule has 1 fully saturated rings. The number of ether oxygens (including phenoxy) is 1. The highest BCUT2D eigenvalue weighted by Gasteiger charge is 2.27. The number of aryl methyl sites for hydroxylation is 1. The first kappa shape index (κ1) is 11.6. The highest BCUT2D eigenvalue weighted by atomic mass is 16.5. The van der Waals surface area contributed by atoms with Crippen LogP contribution in [0.1, 0.15) is 28.8 Å². The molecule has 1 aliphatic rings. The molecule has 2 rings (SSSR count). The Bertz CT molecular complexity index is 468. The minimum Gasteiger partial charge on any atom is -0.465 e. The maximum absolute atomic E-state index is 11.8. The zero-order valence-corrected chi connectivity index (χ0v) is 10.0. The molecule has 17 heavy (non-hydrogen) atoms. The molecule has 1 aromatic carbocycles. The fourth-order valence-corrected chi connectivity index (χ4v) is 2.18. The van der Waals surface area contributed by atoms with E-state index < -0.39 is 5.97 Å². The highest BCUT2D eigenvalue weighted by molar-refractivity contribution is 6.04. The van der Waals surface area contributed by atoms with Gasteiger partial charge in [-0.2, -0.15) is 0 Å². The van der Waals surface area contributed by atoms with Gasteiger partial charge in [0.05, 0.1) is 18.4 Å². The Balaban J connectivity index is 2.50. The zero-order valence-electron chi connectivity index (χ0n) is 10.0. The standard InChI is InChI=1S/C13H15NO3/c1-9-5-3-6-10(13(16)17-2)12(9)14-8-4-7-11(14)15/h3,5-6H,4,7-8H2,1-2H3. The lowest BCUT2D eigenvalue weighted by molar-refractivity contribution is -0.117. The van der Waals surface area contributed by atoms with Crippen LogP contribution in [0, 0.1) is 6.92 Å². The van der Waals surface area contributed by atoms with E-state index in [0.717, 1.165) is 12.0 Å². The van der Waals surface area contributed by atoms with Gasteiger partial charge in [-0.3, -0.25) is 4.79 Å². The van der Waals surface area contributed by atoms with Crippen molar-refractivity contribution in [3.8, 4) is 0 Å². The summed E-state index contributed by atoms with van der Waals surface area (Å²) >= 11 is 0. The summed E-state index contributed by atoms with van der Waals surface area (Å²) in [6.07, 6.45) is 1.39. The zero-order chi connectivity index (χ0) is 12.4. The van der Waals surface area contributed by atoms with Crippen LogP contribution in [0.15, 0.2) is 18.2 Å². The molecule has 0 radical (unpaired) electrons. The number of hydrogen-bond acceptors (Lipinski definition) is 3. The Morgan fingerprint density at radius 3 is 2.76 bits per heavy atom. The van der Waals surface area contributed by atoms with E-state index in [4.69, 9.17) is 4.74 Å². The normalized spacial score (nSPS) is 15.2. The summed E-state index contributed by atoms with van der Waals surface area (Å²) in [6, 6.07) is 5.39. The molecule has 0 N–H and O–H groups in total. The van der Waals surface area contributed by atoms with Gasteiger partial charge in [0.25, 0.3) is 0 Å². The first-order chi connectivity index (χ1) is 8.15. The smallest absolute Gasteiger partial charge is 0.339 e. The molecule has 1 amide bonds. The Hall–Kier alpha value is -1.84. The molecule has 0 atom stereocenters. The van der Waals surface area contributed by atoms with Gasteiger partial charge >= 0.3 is 5.97 Å². The fraction of sp³-hybridized carbons (Fsp3) is 0.385. The number of hydrogen-bond donors (Lipinski definition) is 0. The topological polar surface area (TPSA) is 46.6 Å². The maximum atomic E-state index is 11.8. The van der Waals surface area contributed by atoms with Crippen molar-refractivity contribution in [2.45, 2.75) is 19.8 Å². The fourth-order valence-electron chi connectivity index (χ4n) is 2.18. The predicted molar refractivity (Wildman–Crippen MR) is 64.1 cm³/mol. The van der Waals surface area contributed by atoms with E-state index in [-0.39, 0.29) is 5.91 Å². The van der Waals surface area contributed by atoms with Gasteiger partial charge < -0.3 is 9.64 Å². The van der Waals surface area contributed by atoms with Crippen LogP contribution >= 0.6 is 0 Å². The second kappa shape index (κ2) is 4.57. The van der Waals surface area contributed by atoms with Gasteiger partial charge in [-0.15, -0.1) is 0 Å². The van der Waals surface area contributed by atoms with Crippen LogP contribution in [-0.4, -0.2) is 25.5 Å². The summed E-state index contributed by atoms with van der Waals surface area (Å²) in [5.74, 6) is -0.326. The van der Waals surface area contributed by atoms with Crippen LogP contribution in [0.25, 0.3) is 0 Å². The number of para-hydroxylation sites is 1. The van der Waals surface area contributed by atoms with Crippen LogP contribution in [0.2, 0.25) is 0 Å². The third-order valence-corrected chi connectivity index (χ3v) is 2.99. The lowest BCUT2D eigenvalue weighted by Crippen LogP contribution is -2.27. The molecular formula is C13H15NO3. The third-order valence-electron chi connectivity index (χ3n) is 2.99. The van der Waals surface area contributed by atoms with Crippen molar-refractivity contribution >= 4 is 17.6 Å². The van der Waals surface area contributed by atoms with Crippen LogP contribution in [0.3, 0.4) is 0 Å². The molecule has 1 heterocycles. The van der Waals surface area contributed by atoms with E-state index in [9.17, 15) is 9.59 Å². The second-order valence-electron chi connectivity index (χ2n) is 4.11. The lowest BCUT2D eigenvalue weighted by atomic mass is 10.1. The minimum absolute atomic E-state index is 0.0736. The van der Waals surface area contributed by atoms with Gasteiger partial charge in [0, 0.05) is 13.0 Å². The first-order valence-corrected chi connectivity index (χ1v) is 5.63. The van der Waals surface area contributed by atoms with Gasteiger partial charge in [-0.1, -0.05) is 12.1 Å². The predicted octanol–water partition coefficient (Wildman–Crippen LogP) is 1.91. The van der Waals surface area contributed by atoms with Crippen molar-refractivity contribution in [3.05, 3.63) is 29.3 Å². The van der Waals surface area contributed by atoms with Crippen molar-refractivity contribution < 1.29 is 14.3 Å². The molecule has 0 bridgehead atoms. The number of nitrogens with zero attached hydrogens (tertiary/aromatic N) is 1. The SMILES string of the molecule is COC(=O)c1cccc(C)c1N1CCCC1=O. The second-order valence-corrected chi connectivity index (χ2v) is 4.11. The largest absolute Gasteiger partial charge is 0.465 e. The summed E-state index contributed by atoms with van der Waals surface area (Å²) in [4.78, 5) is 25.1. The molecular weight excluding hydrogens is 218 g/mol. The van der Waals surface area contributed by atoms with Crippen molar-refractivity contribution in [1.29, 1.82) is 0 Å². The van der Waals surface area contributed by atoms with Crippen molar-refractivity contribution in [1.82, 2.24) is 0 Å². The van der Waals surface area contributed by atoms with Gasteiger partial charge in [-0.05, 0) is 25.0 Å². The Labute approximate surface area is 100 Å². The summed E-state index contributed by atoms with van der Waals surface area (Å²) in [7, 11) is 1.35. The van der Waals surface area contributed by atoms with Crippen LogP contribution in [0.4, 0.5) is 5.69 Å². The summed E-state index contributed by atoms with van der Waals surface area (Å²) < 4.78 is 4.75.